The molecule has 2 saturated heterocycles. The Morgan fingerprint density at radius 3 is 2.79 bits per heavy atom. The Balaban J connectivity index is 1.42. The first-order valence-electron chi connectivity index (χ1n) is 10.1. The molecule has 3 N–H and O–H groups in total. The van der Waals surface area contributed by atoms with E-state index < -0.39 is 11.6 Å². The molecule has 2 aliphatic rings. The van der Waals surface area contributed by atoms with Crippen LogP contribution < -0.4 is 16.0 Å². The number of imidazole rings is 1. The molecule has 0 saturated carbocycles. The second kappa shape index (κ2) is 7.73. The zero-order valence-corrected chi connectivity index (χ0v) is 16.8. The summed E-state index contributed by atoms with van der Waals surface area (Å²) in [6.45, 7) is 6.70. The van der Waals surface area contributed by atoms with E-state index in [1.165, 1.54) is 0 Å². The zero-order chi connectivity index (χ0) is 20.4. The van der Waals surface area contributed by atoms with E-state index >= 15 is 0 Å². The first-order chi connectivity index (χ1) is 14.0. The number of likely N-dealkylation sites (tertiary alicyclic amines) is 1. The summed E-state index contributed by atoms with van der Waals surface area (Å²) in [7, 11) is 0. The molecule has 1 atom stereocenters. The summed E-state index contributed by atoms with van der Waals surface area (Å²) in [6.07, 6.45) is 5.59. The molecule has 154 valence electrons. The lowest BCUT2D eigenvalue weighted by atomic mass is 9.79. The summed E-state index contributed by atoms with van der Waals surface area (Å²) >= 11 is 0. The van der Waals surface area contributed by atoms with Gasteiger partial charge in [-0.3, -0.25) is 10.1 Å². The highest BCUT2D eigenvalue weighted by atomic mass is 16.2. The number of nitrogens with one attached hydrogen (secondary N) is 3. The van der Waals surface area contributed by atoms with E-state index in [0.717, 1.165) is 49.8 Å². The maximum Gasteiger partial charge on any atom is 0.322 e. The van der Waals surface area contributed by atoms with Crippen LogP contribution in [-0.4, -0.2) is 57.4 Å². The predicted octanol–water partition coefficient (Wildman–Crippen LogP) is 1.11. The Hall–Kier alpha value is -3.10. The Labute approximate surface area is 169 Å². The molecule has 0 radical (unpaired) electrons. The molecule has 0 spiro atoms. The van der Waals surface area contributed by atoms with Crippen LogP contribution in [0.1, 0.15) is 32.4 Å². The molecule has 2 fully saturated rings. The SMILES string of the molecule is CCNC(=NCc1cn2ccccc2n1)N1CCC(C2(C)NC(=O)NC2=O)CC1. The molecule has 2 aromatic heterocycles. The van der Waals surface area contributed by atoms with Crippen molar-refractivity contribution in [1.82, 2.24) is 30.2 Å². The second-order valence-electron chi connectivity index (χ2n) is 7.74. The van der Waals surface area contributed by atoms with Crippen molar-refractivity contribution in [2.75, 3.05) is 19.6 Å². The van der Waals surface area contributed by atoms with Crippen LogP contribution in [0.25, 0.3) is 5.65 Å². The minimum Gasteiger partial charge on any atom is -0.357 e. The third-order valence-electron chi connectivity index (χ3n) is 5.82. The lowest BCUT2D eigenvalue weighted by molar-refractivity contribution is -0.125. The quantitative estimate of drug-likeness (QED) is 0.407. The lowest BCUT2D eigenvalue weighted by Gasteiger charge is -2.39. The Kier molecular flexibility index (Phi) is 5.12. The maximum atomic E-state index is 12.2. The van der Waals surface area contributed by atoms with Crippen LogP contribution in [0.15, 0.2) is 35.6 Å². The summed E-state index contributed by atoms with van der Waals surface area (Å²) in [6, 6.07) is 5.52. The van der Waals surface area contributed by atoms with E-state index in [2.05, 4.69) is 25.8 Å². The van der Waals surface area contributed by atoms with Crippen LogP contribution in [0, 0.1) is 5.92 Å². The summed E-state index contributed by atoms with van der Waals surface area (Å²) in [4.78, 5) is 35.4. The molecular weight excluding hydrogens is 370 g/mol. The fourth-order valence-corrected chi connectivity index (χ4v) is 4.16. The van der Waals surface area contributed by atoms with E-state index in [0.29, 0.717) is 6.54 Å². The number of amides is 3. The number of urea groups is 1. The number of hydrogen-bond donors (Lipinski definition) is 3. The minimum absolute atomic E-state index is 0.103. The number of fused-ring (bicyclic) bond motifs is 1. The number of aliphatic imine (C=N–C) groups is 1. The number of imide groups is 1. The number of hydrogen-bond acceptors (Lipinski definition) is 4. The smallest absolute Gasteiger partial charge is 0.322 e. The molecule has 9 heteroatoms. The standard InChI is InChI=1S/C20H27N7O2/c1-3-21-18(22-12-15-13-27-9-5-4-6-16(27)23-15)26-10-7-14(8-11-26)20(2)17(28)24-19(29)25-20/h4-6,9,13-14H,3,7-8,10-12H2,1-2H3,(H,21,22)(H2,24,25,28,29). The number of carbonyl (C=O) groups is 2. The van der Waals surface area contributed by atoms with Crippen molar-refractivity contribution in [3.05, 3.63) is 36.3 Å². The van der Waals surface area contributed by atoms with E-state index in [4.69, 9.17) is 4.99 Å². The highest BCUT2D eigenvalue weighted by Crippen LogP contribution is 2.30. The first kappa shape index (κ1) is 19.2. The maximum absolute atomic E-state index is 12.2. The predicted molar refractivity (Wildman–Crippen MR) is 109 cm³/mol. The van der Waals surface area contributed by atoms with Crippen LogP contribution in [0.4, 0.5) is 4.79 Å². The average Bonchev–Trinajstić information content (AvgIpc) is 3.25. The number of nitrogens with zero attached hydrogens (tertiary/aromatic N) is 4. The molecule has 0 aliphatic carbocycles. The van der Waals surface area contributed by atoms with E-state index in [9.17, 15) is 9.59 Å². The van der Waals surface area contributed by atoms with Gasteiger partial charge in [-0.15, -0.1) is 0 Å². The molecule has 29 heavy (non-hydrogen) atoms. The summed E-state index contributed by atoms with van der Waals surface area (Å²) in [5, 5.41) is 8.52. The topological polar surface area (TPSA) is 103 Å². The molecule has 0 bridgehead atoms. The number of aromatic nitrogens is 2. The van der Waals surface area contributed by atoms with Crippen LogP contribution >= 0.6 is 0 Å². The number of guanidine groups is 1. The van der Waals surface area contributed by atoms with E-state index in [1.807, 2.05) is 48.8 Å². The molecule has 1 unspecified atom stereocenters. The lowest BCUT2D eigenvalue weighted by Crippen LogP contribution is -2.55. The second-order valence-corrected chi connectivity index (χ2v) is 7.74. The number of carbonyl (C=O) groups excluding carboxylic acids is 2. The molecular formula is C20H27N7O2. The number of pyridine rings is 1. The Bertz CT molecular complexity index is 912. The van der Waals surface area contributed by atoms with Crippen LogP contribution in [0.3, 0.4) is 0 Å². The van der Waals surface area contributed by atoms with E-state index in [-0.39, 0.29) is 11.8 Å². The van der Waals surface area contributed by atoms with Crippen molar-refractivity contribution in [2.24, 2.45) is 10.9 Å². The molecule has 4 rings (SSSR count). The minimum atomic E-state index is -0.824. The van der Waals surface area contributed by atoms with Gasteiger partial charge in [0.15, 0.2) is 5.96 Å². The molecule has 3 amide bonds. The Morgan fingerprint density at radius 2 is 2.14 bits per heavy atom. The van der Waals surface area contributed by atoms with Crippen molar-refractivity contribution in [3.63, 3.8) is 0 Å². The highest BCUT2D eigenvalue weighted by molar-refractivity contribution is 6.07. The van der Waals surface area contributed by atoms with Gasteiger partial charge in [0.1, 0.15) is 11.2 Å². The van der Waals surface area contributed by atoms with Crippen molar-refractivity contribution in [3.8, 4) is 0 Å². The van der Waals surface area contributed by atoms with Gasteiger partial charge in [-0.2, -0.15) is 0 Å². The van der Waals surface area contributed by atoms with Crippen molar-refractivity contribution in [1.29, 1.82) is 0 Å². The molecule has 9 nitrogen and oxygen atoms in total. The number of rotatable bonds is 4. The van der Waals surface area contributed by atoms with Crippen LogP contribution in [0.5, 0.6) is 0 Å². The third-order valence-corrected chi connectivity index (χ3v) is 5.82. The summed E-state index contributed by atoms with van der Waals surface area (Å²) < 4.78 is 1.99. The van der Waals surface area contributed by atoms with Gasteiger partial charge in [0.2, 0.25) is 0 Å². The highest BCUT2D eigenvalue weighted by Gasteiger charge is 2.48. The molecule has 0 aromatic carbocycles. The fraction of sp³-hybridized carbons (Fsp3) is 0.500. The first-order valence-corrected chi connectivity index (χ1v) is 10.1. The van der Waals surface area contributed by atoms with Gasteiger partial charge >= 0.3 is 6.03 Å². The summed E-state index contributed by atoms with van der Waals surface area (Å²) in [5.41, 5.74) is 1.00. The monoisotopic (exact) mass is 397 g/mol. The zero-order valence-electron chi connectivity index (χ0n) is 16.8. The van der Waals surface area contributed by atoms with Gasteiger partial charge in [0.05, 0.1) is 12.2 Å². The van der Waals surface area contributed by atoms with Crippen LogP contribution in [-0.2, 0) is 11.3 Å². The van der Waals surface area contributed by atoms with Gasteiger partial charge in [0, 0.05) is 32.0 Å². The summed E-state index contributed by atoms with van der Waals surface area (Å²) in [5.74, 6) is 0.730. The number of piperidine rings is 1. The normalized spacial score (nSPS) is 23.4. The molecule has 2 aliphatic heterocycles. The van der Waals surface area contributed by atoms with Gasteiger partial charge in [0.25, 0.3) is 5.91 Å². The van der Waals surface area contributed by atoms with Gasteiger partial charge in [-0.1, -0.05) is 6.07 Å². The van der Waals surface area contributed by atoms with E-state index in [1.54, 1.807) is 0 Å². The third kappa shape index (κ3) is 3.76. The van der Waals surface area contributed by atoms with Crippen molar-refractivity contribution in [2.45, 2.75) is 38.8 Å². The van der Waals surface area contributed by atoms with Crippen molar-refractivity contribution >= 4 is 23.5 Å². The van der Waals surface area contributed by atoms with Gasteiger partial charge < -0.3 is 19.9 Å². The molecule has 4 heterocycles. The largest absolute Gasteiger partial charge is 0.357 e. The van der Waals surface area contributed by atoms with Crippen molar-refractivity contribution < 1.29 is 9.59 Å². The average molecular weight is 397 g/mol. The van der Waals surface area contributed by atoms with Crippen LogP contribution in [0.2, 0.25) is 0 Å². The molecule has 2 aromatic rings. The Morgan fingerprint density at radius 1 is 1.34 bits per heavy atom. The van der Waals surface area contributed by atoms with Gasteiger partial charge in [-0.25, -0.2) is 14.8 Å². The van der Waals surface area contributed by atoms with Gasteiger partial charge in [-0.05, 0) is 44.7 Å². The fourth-order valence-electron chi connectivity index (χ4n) is 4.16.